The molecule has 0 heterocycles. The molecule has 2 aromatic carbocycles. The third-order valence-electron chi connectivity index (χ3n) is 4.44. The Morgan fingerprint density at radius 1 is 1.05 bits per heavy atom. The van der Waals surface area contributed by atoms with Crippen LogP contribution in [0.4, 0.5) is 0 Å². The Kier molecular flexibility index (Phi) is 4.62. The van der Waals surface area contributed by atoms with Gasteiger partial charge in [-0.2, -0.15) is 0 Å². The second kappa shape index (κ2) is 6.83. The third kappa shape index (κ3) is 3.24. The van der Waals surface area contributed by atoms with Crippen molar-refractivity contribution in [2.24, 2.45) is 5.92 Å². The van der Waals surface area contributed by atoms with Gasteiger partial charge in [0.2, 0.25) is 0 Å². The van der Waals surface area contributed by atoms with Crippen molar-refractivity contribution in [2.45, 2.75) is 33.1 Å². The molecule has 0 amide bonds. The van der Waals surface area contributed by atoms with Gasteiger partial charge in [-0.3, -0.25) is 0 Å². The fourth-order valence-electron chi connectivity index (χ4n) is 3.31. The molecule has 0 aromatic heterocycles. The minimum atomic E-state index is 0.714. The normalized spacial score (nSPS) is 17.5. The third-order valence-corrected chi connectivity index (χ3v) is 4.44. The zero-order valence-corrected chi connectivity index (χ0v) is 13.5. The van der Waals surface area contributed by atoms with Gasteiger partial charge in [-0.25, -0.2) is 0 Å². The second-order valence-corrected chi connectivity index (χ2v) is 5.97. The van der Waals surface area contributed by atoms with E-state index in [4.69, 9.17) is 4.74 Å². The number of allylic oxidation sites excluding steroid dienone is 2. The highest BCUT2D eigenvalue weighted by Crippen LogP contribution is 2.31. The van der Waals surface area contributed by atoms with Crippen molar-refractivity contribution in [3.05, 3.63) is 65.7 Å². The van der Waals surface area contributed by atoms with E-state index in [0.29, 0.717) is 12.5 Å². The summed E-state index contributed by atoms with van der Waals surface area (Å²) in [6, 6.07) is 15.4. The van der Waals surface area contributed by atoms with Crippen LogP contribution in [0, 0.1) is 5.92 Å². The van der Waals surface area contributed by atoms with Gasteiger partial charge in [-0.15, -0.1) is 0 Å². The molecule has 114 valence electrons. The fraction of sp³-hybridized carbons (Fsp3) is 0.333. The van der Waals surface area contributed by atoms with Gasteiger partial charge in [-0.05, 0) is 73.4 Å². The van der Waals surface area contributed by atoms with E-state index < -0.39 is 0 Å². The summed E-state index contributed by atoms with van der Waals surface area (Å²) < 4.78 is 5.52. The minimum absolute atomic E-state index is 0.714. The van der Waals surface area contributed by atoms with Crippen molar-refractivity contribution in [1.82, 2.24) is 0 Å². The van der Waals surface area contributed by atoms with E-state index in [1.54, 1.807) is 0 Å². The molecule has 1 unspecified atom stereocenters. The highest BCUT2D eigenvalue weighted by atomic mass is 16.5. The number of aryl methyl sites for hydroxylation is 1. The fourth-order valence-corrected chi connectivity index (χ4v) is 3.31. The highest BCUT2D eigenvalue weighted by molar-refractivity contribution is 5.66. The molecule has 0 fully saturated rings. The van der Waals surface area contributed by atoms with E-state index in [-0.39, 0.29) is 0 Å². The van der Waals surface area contributed by atoms with Crippen molar-refractivity contribution in [1.29, 1.82) is 0 Å². The summed E-state index contributed by atoms with van der Waals surface area (Å²) in [7, 11) is 0. The average molecular weight is 292 g/mol. The molecule has 0 bridgehead atoms. The van der Waals surface area contributed by atoms with Crippen LogP contribution < -0.4 is 4.74 Å². The molecule has 0 saturated carbocycles. The first-order chi connectivity index (χ1) is 10.8. The van der Waals surface area contributed by atoms with Gasteiger partial charge in [0.05, 0.1) is 6.61 Å². The van der Waals surface area contributed by atoms with Crippen LogP contribution in [0.25, 0.3) is 11.1 Å². The first-order valence-electron chi connectivity index (χ1n) is 8.28. The summed E-state index contributed by atoms with van der Waals surface area (Å²) >= 11 is 0. The molecule has 0 spiro atoms. The Labute approximate surface area is 133 Å². The maximum absolute atomic E-state index is 5.52. The lowest BCUT2D eigenvalue weighted by Crippen LogP contribution is -2.12. The lowest BCUT2D eigenvalue weighted by Gasteiger charge is -2.23. The van der Waals surface area contributed by atoms with E-state index >= 15 is 0 Å². The van der Waals surface area contributed by atoms with Crippen LogP contribution in [0.15, 0.2) is 54.6 Å². The molecule has 1 heteroatoms. The summed E-state index contributed by atoms with van der Waals surface area (Å²) in [5.41, 5.74) is 5.62. The average Bonchev–Trinajstić information content (AvgIpc) is 2.56. The minimum Gasteiger partial charge on any atom is -0.494 e. The van der Waals surface area contributed by atoms with Crippen LogP contribution in [0.1, 0.15) is 31.4 Å². The number of benzene rings is 2. The van der Waals surface area contributed by atoms with Crippen LogP contribution in [0.2, 0.25) is 0 Å². The number of rotatable bonds is 4. The number of fused-ring (bicyclic) bond motifs is 1. The lowest BCUT2D eigenvalue weighted by molar-refractivity contribution is 0.340. The van der Waals surface area contributed by atoms with Crippen LogP contribution in [-0.4, -0.2) is 6.61 Å². The Morgan fingerprint density at radius 2 is 1.82 bits per heavy atom. The van der Waals surface area contributed by atoms with Crippen molar-refractivity contribution in [2.75, 3.05) is 6.61 Å². The number of hydrogen-bond donors (Lipinski definition) is 0. The predicted octanol–water partition coefficient (Wildman–Crippen LogP) is 5.43. The molecule has 1 aliphatic rings. The Bertz CT molecular complexity index is 652. The zero-order chi connectivity index (χ0) is 15.4. The van der Waals surface area contributed by atoms with E-state index in [1.807, 2.05) is 6.92 Å². The summed E-state index contributed by atoms with van der Waals surface area (Å²) in [5.74, 6) is 1.66. The zero-order valence-electron chi connectivity index (χ0n) is 13.5. The summed E-state index contributed by atoms with van der Waals surface area (Å²) in [5, 5.41) is 0. The quantitative estimate of drug-likeness (QED) is 0.682. The first kappa shape index (κ1) is 14.9. The summed E-state index contributed by atoms with van der Waals surface area (Å²) in [6.45, 7) is 4.84. The number of hydrogen-bond acceptors (Lipinski definition) is 1. The van der Waals surface area contributed by atoms with Crippen molar-refractivity contribution in [3.8, 4) is 16.9 Å². The van der Waals surface area contributed by atoms with Crippen LogP contribution in [-0.2, 0) is 12.8 Å². The standard InChI is InChI=1S/C21H24O/c1-3-5-16-6-7-20-15-19(9-8-18(20)14-16)17-10-12-21(13-11-17)22-4-2/h3,5,8-13,15-16H,4,6-7,14H2,1-2H3/b5-3+. The molecule has 3 rings (SSSR count). The predicted molar refractivity (Wildman–Crippen MR) is 93.4 cm³/mol. The van der Waals surface area contributed by atoms with E-state index in [0.717, 1.165) is 5.75 Å². The molecule has 0 radical (unpaired) electrons. The molecule has 0 saturated heterocycles. The Morgan fingerprint density at radius 3 is 2.55 bits per heavy atom. The summed E-state index contributed by atoms with van der Waals surface area (Å²) in [6.07, 6.45) is 8.18. The number of ether oxygens (including phenoxy) is 1. The van der Waals surface area contributed by atoms with Gasteiger partial charge in [-0.1, -0.05) is 42.5 Å². The maximum atomic E-state index is 5.52. The molecule has 1 aliphatic carbocycles. The van der Waals surface area contributed by atoms with Crippen LogP contribution >= 0.6 is 0 Å². The monoisotopic (exact) mass is 292 g/mol. The molecule has 1 atom stereocenters. The van der Waals surface area contributed by atoms with Crippen LogP contribution in [0.5, 0.6) is 5.75 Å². The largest absolute Gasteiger partial charge is 0.494 e. The van der Waals surface area contributed by atoms with Gasteiger partial charge in [0, 0.05) is 0 Å². The molecular weight excluding hydrogens is 268 g/mol. The molecule has 0 aliphatic heterocycles. The van der Waals surface area contributed by atoms with E-state index in [1.165, 1.54) is 41.5 Å². The van der Waals surface area contributed by atoms with E-state index in [9.17, 15) is 0 Å². The Hall–Kier alpha value is -2.02. The molecule has 2 aromatic rings. The Balaban J connectivity index is 1.82. The van der Waals surface area contributed by atoms with Gasteiger partial charge in [0.1, 0.15) is 5.75 Å². The lowest BCUT2D eigenvalue weighted by atomic mass is 9.82. The topological polar surface area (TPSA) is 9.23 Å². The van der Waals surface area contributed by atoms with Gasteiger partial charge < -0.3 is 4.74 Å². The van der Waals surface area contributed by atoms with Gasteiger partial charge >= 0.3 is 0 Å². The SMILES string of the molecule is C/C=C/C1CCc2cc(-c3ccc(OCC)cc3)ccc2C1. The summed E-state index contributed by atoms with van der Waals surface area (Å²) in [4.78, 5) is 0. The molecule has 0 N–H and O–H groups in total. The molecule has 22 heavy (non-hydrogen) atoms. The van der Waals surface area contributed by atoms with Crippen molar-refractivity contribution in [3.63, 3.8) is 0 Å². The van der Waals surface area contributed by atoms with Crippen LogP contribution in [0.3, 0.4) is 0 Å². The first-order valence-corrected chi connectivity index (χ1v) is 8.28. The smallest absolute Gasteiger partial charge is 0.119 e. The van der Waals surface area contributed by atoms with Crippen molar-refractivity contribution < 1.29 is 4.74 Å². The molecule has 1 nitrogen and oxygen atoms in total. The molecular formula is C21H24O. The second-order valence-electron chi connectivity index (χ2n) is 5.97. The van der Waals surface area contributed by atoms with Gasteiger partial charge in [0.15, 0.2) is 0 Å². The van der Waals surface area contributed by atoms with Crippen molar-refractivity contribution >= 4 is 0 Å². The van der Waals surface area contributed by atoms with Gasteiger partial charge in [0.25, 0.3) is 0 Å². The van der Waals surface area contributed by atoms with E-state index in [2.05, 4.69) is 61.5 Å². The highest BCUT2D eigenvalue weighted by Gasteiger charge is 2.16. The maximum Gasteiger partial charge on any atom is 0.119 e.